The maximum absolute atomic E-state index is 12.0. The van der Waals surface area contributed by atoms with Gasteiger partial charge in [-0.3, -0.25) is 0 Å². The minimum Gasteiger partial charge on any atom is -0.478 e. The SMILES string of the molecule is CC1CCCCC1CCCCOC(=O)c1ccccc1C(=O)O. The van der Waals surface area contributed by atoms with Gasteiger partial charge in [-0.2, -0.15) is 0 Å². The second kappa shape index (κ2) is 8.70. The fraction of sp³-hybridized carbons (Fsp3) is 0.579. The summed E-state index contributed by atoms with van der Waals surface area (Å²) in [5.74, 6) is -0.0289. The fourth-order valence-corrected chi connectivity index (χ4v) is 3.42. The molecule has 4 nitrogen and oxygen atoms in total. The van der Waals surface area contributed by atoms with Gasteiger partial charge in [0.25, 0.3) is 0 Å². The van der Waals surface area contributed by atoms with Crippen molar-refractivity contribution in [1.29, 1.82) is 0 Å². The van der Waals surface area contributed by atoms with Crippen molar-refractivity contribution in [2.24, 2.45) is 11.8 Å². The highest BCUT2D eigenvalue weighted by Gasteiger charge is 2.21. The summed E-state index contributed by atoms with van der Waals surface area (Å²) in [6, 6.07) is 6.16. The maximum atomic E-state index is 12.0. The Morgan fingerprint density at radius 3 is 2.52 bits per heavy atom. The highest BCUT2D eigenvalue weighted by Crippen LogP contribution is 2.32. The number of rotatable bonds is 7. The molecule has 2 atom stereocenters. The molecule has 0 amide bonds. The molecule has 1 aliphatic carbocycles. The lowest BCUT2D eigenvalue weighted by Crippen LogP contribution is -2.17. The van der Waals surface area contributed by atoms with Gasteiger partial charge < -0.3 is 9.84 Å². The van der Waals surface area contributed by atoms with E-state index in [0.29, 0.717) is 6.61 Å². The second-order valence-electron chi connectivity index (χ2n) is 6.50. The van der Waals surface area contributed by atoms with E-state index in [2.05, 4.69) is 6.92 Å². The van der Waals surface area contributed by atoms with Crippen molar-refractivity contribution in [3.05, 3.63) is 35.4 Å². The van der Waals surface area contributed by atoms with Gasteiger partial charge in [-0.15, -0.1) is 0 Å². The summed E-state index contributed by atoms with van der Waals surface area (Å²) in [6.45, 7) is 2.70. The van der Waals surface area contributed by atoms with Crippen LogP contribution in [0, 0.1) is 11.8 Å². The van der Waals surface area contributed by atoms with E-state index in [1.165, 1.54) is 44.2 Å². The van der Waals surface area contributed by atoms with E-state index in [4.69, 9.17) is 9.84 Å². The number of hydrogen-bond acceptors (Lipinski definition) is 3. The van der Waals surface area contributed by atoms with Crippen LogP contribution in [0.3, 0.4) is 0 Å². The van der Waals surface area contributed by atoms with Gasteiger partial charge in [0.1, 0.15) is 0 Å². The fourth-order valence-electron chi connectivity index (χ4n) is 3.42. The molecule has 126 valence electrons. The number of aromatic carboxylic acids is 1. The minimum atomic E-state index is -1.11. The molecule has 2 rings (SSSR count). The third-order valence-corrected chi connectivity index (χ3v) is 4.87. The van der Waals surface area contributed by atoms with E-state index in [0.717, 1.165) is 24.7 Å². The molecule has 1 aromatic carbocycles. The second-order valence-corrected chi connectivity index (χ2v) is 6.50. The number of carbonyl (C=O) groups is 2. The zero-order valence-electron chi connectivity index (χ0n) is 13.8. The number of hydrogen-bond donors (Lipinski definition) is 1. The molecule has 23 heavy (non-hydrogen) atoms. The molecule has 0 aromatic heterocycles. The third-order valence-electron chi connectivity index (χ3n) is 4.87. The predicted molar refractivity (Wildman–Crippen MR) is 88.7 cm³/mol. The summed E-state index contributed by atoms with van der Waals surface area (Å²) in [5, 5.41) is 9.09. The molecular formula is C19H26O4. The summed E-state index contributed by atoms with van der Waals surface area (Å²) in [4.78, 5) is 23.1. The first-order valence-electron chi connectivity index (χ1n) is 8.59. The van der Waals surface area contributed by atoms with Gasteiger partial charge >= 0.3 is 11.9 Å². The Kier molecular flexibility index (Phi) is 6.63. The Bertz CT molecular complexity index is 538. The molecule has 0 aliphatic heterocycles. The number of carbonyl (C=O) groups excluding carboxylic acids is 1. The molecule has 0 spiro atoms. The number of esters is 1. The number of carboxylic acids is 1. The average molecular weight is 318 g/mol. The number of unbranched alkanes of at least 4 members (excludes halogenated alkanes) is 1. The van der Waals surface area contributed by atoms with Crippen LogP contribution in [0.5, 0.6) is 0 Å². The topological polar surface area (TPSA) is 63.6 Å². The van der Waals surface area contributed by atoms with Gasteiger partial charge in [0.2, 0.25) is 0 Å². The first-order chi connectivity index (χ1) is 11.1. The van der Waals surface area contributed by atoms with E-state index in [1.807, 2.05) is 0 Å². The number of benzene rings is 1. The van der Waals surface area contributed by atoms with Crippen molar-refractivity contribution in [3.8, 4) is 0 Å². The van der Waals surface area contributed by atoms with Crippen LogP contribution in [-0.2, 0) is 4.74 Å². The summed E-state index contributed by atoms with van der Waals surface area (Å²) in [6.07, 6.45) is 8.46. The van der Waals surface area contributed by atoms with Crippen LogP contribution in [0.4, 0.5) is 0 Å². The first kappa shape index (κ1) is 17.5. The summed E-state index contributed by atoms with van der Waals surface area (Å²) < 4.78 is 5.23. The van der Waals surface area contributed by atoms with Crippen LogP contribution in [0.2, 0.25) is 0 Å². The lowest BCUT2D eigenvalue weighted by Gasteiger charge is -2.28. The summed E-state index contributed by atoms with van der Waals surface area (Å²) in [7, 11) is 0. The van der Waals surface area contributed by atoms with Crippen molar-refractivity contribution in [1.82, 2.24) is 0 Å². The molecule has 0 bridgehead atoms. The molecule has 1 N–H and O–H groups in total. The standard InChI is InChI=1S/C19H26O4/c1-14-8-2-3-9-15(14)10-6-7-13-23-19(22)17-12-5-4-11-16(17)18(20)21/h4-5,11-12,14-15H,2-3,6-10,13H2,1H3,(H,20,21). The van der Waals surface area contributed by atoms with Crippen LogP contribution < -0.4 is 0 Å². The Morgan fingerprint density at radius 1 is 1.13 bits per heavy atom. The number of ether oxygens (including phenoxy) is 1. The van der Waals surface area contributed by atoms with Gasteiger partial charge in [0.15, 0.2) is 0 Å². The van der Waals surface area contributed by atoms with Crippen LogP contribution in [0.1, 0.15) is 72.6 Å². The van der Waals surface area contributed by atoms with Crippen molar-refractivity contribution in [2.75, 3.05) is 6.61 Å². The van der Waals surface area contributed by atoms with E-state index in [1.54, 1.807) is 12.1 Å². The maximum Gasteiger partial charge on any atom is 0.339 e. The molecule has 1 saturated carbocycles. The summed E-state index contributed by atoms with van der Waals surface area (Å²) in [5.41, 5.74) is 0.120. The van der Waals surface area contributed by atoms with Crippen molar-refractivity contribution < 1.29 is 19.4 Å². The van der Waals surface area contributed by atoms with Crippen LogP contribution in [0.25, 0.3) is 0 Å². The van der Waals surface area contributed by atoms with E-state index >= 15 is 0 Å². The van der Waals surface area contributed by atoms with E-state index < -0.39 is 11.9 Å². The molecule has 1 aromatic rings. The van der Waals surface area contributed by atoms with Gasteiger partial charge in [-0.25, -0.2) is 9.59 Å². The van der Waals surface area contributed by atoms with Gasteiger partial charge in [-0.1, -0.05) is 51.2 Å². The Labute approximate surface area is 137 Å². The largest absolute Gasteiger partial charge is 0.478 e. The predicted octanol–water partition coefficient (Wildman–Crippen LogP) is 4.54. The Morgan fingerprint density at radius 2 is 1.83 bits per heavy atom. The molecule has 0 saturated heterocycles. The van der Waals surface area contributed by atoms with Crippen LogP contribution in [-0.4, -0.2) is 23.7 Å². The quantitative estimate of drug-likeness (QED) is 0.592. The molecule has 1 fully saturated rings. The molecule has 2 unspecified atom stereocenters. The smallest absolute Gasteiger partial charge is 0.339 e. The molecule has 1 aliphatic rings. The van der Waals surface area contributed by atoms with Gasteiger partial charge in [-0.05, 0) is 36.8 Å². The van der Waals surface area contributed by atoms with Crippen LogP contribution >= 0.6 is 0 Å². The highest BCUT2D eigenvalue weighted by molar-refractivity contribution is 6.02. The zero-order valence-corrected chi connectivity index (χ0v) is 13.8. The number of carboxylic acid groups (broad SMARTS) is 1. The molecular weight excluding hydrogens is 292 g/mol. The van der Waals surface area contributed by atoms with Gasteiger partial charge in [0, 0.05) is 0 Å². The monoisotopic (exact) mass is 318 g/mol. The van der Waals surface area contributed by atoms with Crippen molar-refractivity contribution in [3.63, 3.8) is 0 Å². The molecule has 4 heteroatoms. The molecule has 0 radical (unpaired) electrons. The highest BCUT2D eigenvalue weighted by atomic mass is 16.5. The lowest BCUT2D eigenvalue weighted by atomic mass is 9.78. The van der Waals surface area contributed by atoms with E-state index in [9.17, 15) is 9.59 Å². The van der Waals surface area contributed by atoms with Gasteiger partial charge in [0.05, 0.1) is 17.7 Å². The Balaban J connectivity index is 1.72. The summed E-state index contributed by atoms with van der Waals surface area (Å²) >= 11 is 0. The normalized spacial score (nSPS) is 20.9. The first-order valence-corrected chi connectivity index (χ1v) is 8.59. The lowest BCUT2D eigenvalue weighted by molar-refractivity contribution is 0.0485. The van der Waals surface area contributed by atoms with Crippen molar-refractivity contribution >= 4 is 11.9 Å². The van der Waals surface area contributed by atoms with Crippen LogP contribution in [0.15, 0.2) is 24.3 Å². The average Bonchev–Trinajstić information content (AvgIpc) is 2.56. The minimum absolute atomic E-state index is 0.00599. The Hall–Kier alpha value is -1.84. The third kappa shape index (κ3) is 5.08. The van der Waals surface area contributed by atoms with E-state index in [-0.39, 0.29) is 11.1 Å². The molecule has 0 heterocycles. The van der Waals surface area contributed by atoms with Crippen molar-refractivity contribution in [2.45, 2.75) is 51.9 Å². The zero-order chi connectivity index (χ0) is 16.7.